The van der Waals surface area contributed by atoms with Gasteiger partial charge in [0.05, 0.1) is 10.6 Å². The molecule has 0 aliphatic rings. The van der Waals surface area contributed by atoms with Crippen LogP contribution in [0.2, 0.25) is 5.02 Å². The first-order valence-corrected chi connectivity index (χ1v) is 12.0. The number of nitrogens with one attached hydrogen (secondary N) is 1. The lowest BCUT2D eigenvalue weighted by molar-refractivity contribution is -0.119. The first-order valence-electron chi connectivity index (χ1n) is 11.7. The first-order chi connectivity index (χ1) is 17.6. The molecule has 0 aliphatic carbocycles. The van der Waals surface area contributed by atoms with Crippen LogP contribution in [0.3, 0.4) is 0 Å². The lowest BCUT2D eigenvalue weighted by Gasteiger charge is -2.17. The molecule has 37 heavy (non-hydrogen) atoms. The van der Waals surface area contributed by atoms with Gasteiger partial charge in [-0.2, -0.15) is 0 Å². The minimum Gasteiger partial charge on any atom is -0.492 e. The van der Waals surface area contributed by atoms with Crippen molar-refractivity contribution in [2.24, 2.45) is 5.73 Å². The molecule has 2 aromatic carbocycles. The lowest BCUT2D eigenvalue weighted by Crippen LogP contribution is -2.20. The Bertz CT molecular complexity index is 1430. The molecule has 0 radical (unpaired) electrons. The van der Waals surface area contributed by atoms with Crippen LogP contribution in [0.15, 0.2) is 48.7 Å². The van der Waals surface area contributed by atoms with Gasteiger partial charge in [-0.15, -0.1) is 0 Å². The number of carbonyl (C=O) groups excluding carboxylic acids is 1. The third kappa shape index (κ3) is 5.95. The first kappa shape index (κ1) is 26.2. The number of nitrogens with two attached hydrogens (primary N) is 1. The number of hydrogen-bond acceptors (Lipinski definition) is 6. The summed E-state index contributed by atoms with van der Waals surface area (Å²) in [6, 6.07) is 12.1. The molecular weight excluding hydrogens is 497 g/mol. The van der Waals surface area contributed by atoms with Crippen LogP contribution in [0.4, 0.5) is 15.9 Å². The highest BCUT2D eigenvalue weighted by Crippen LogP contribution is 2.44. The molecule has 4 aromatic rings. The highest BCUT2D eigenvalue weighted by atomic mass is 35.5. The van der Waals surface area contributed by atoms with Crippen molar-refractivity contribution in [3.8, 4) is 22.8 Å². The minimum atomic E-state index is -0.646. The van der Waals surface area contributed by atoms with E-state index >= 15 is 0 Å². The molecule has 0 spiro atoms. The quantitative estimate of drug-likeness (QED) is 0.304. The number of aromatic nitrogens is 2. The van der Waals surface area contributed by atoms with Crippen LogP contribution in [0, 0.1) is 19.7 Å². The van der Waals surface area contributed by atoms with E-state index in [1.807, 2.05) is 51.0 Å². The van der Waals surface area contributed by atoms with E-state index in [9.17, 15) is 9.18 Å². The normalized spacial score (nSPS) is 11.2. The number of para-hydroxylation sites is 1. The van der Waals surface area contributed by atoms with Crippen molar-refractivity contribution in [1.82, 2.24) is 14.3 Å². The summed E-state index contributed by atoms with van der Waals surface area (Å²) in [5.74, 6) is 0.140. The van der Waals surface area contributed by atoms with Crippen LogP contribution in [-0.2, 0) is 4.79 Å². The van der Waals surface area contributed by atoms with Gasteiger partial charge in [-0.25, -0.2) is 9.37 Å². The molecule has 0 aliphatic heterocycles. The number of imidazole rings is 1. The molecule has 0 saturated heterocycles. The maximum atomic E-state index is 14.3. The number of aryl methyl sites for hydroxylation is 2. The SMILES string of the molecule is Cc1cccc(C)c1Nc1c(-c2c(Cl)cc(OCCN(C)C)cc2OCC(N)=O)nc2ccc(F)cn12. The van der Waals surface area contributed by atoms with E-state index in [2.05, 4.69) is 5.32 Å². The summed E-state index contributed by atoms with van der Waals surface area (Å²) >= 11 is 6.78. The van der Waals surface area contributed by atoms with Crippen molar-refractivity contribution in [1.29, 1.82) is 0 Å². The number of fused-ring (bicyclic) bond motifs is 1. The third-order valence-electron chi connectivity index (χ3n) is 5.75. The van der Waals surface area contributed by atoms with Gasteiger partial charge in [0, 0.05) is 24.5 Å². The highest BCUT2D eigenvalue weighted by molar-refractivity contribution is 6.34. The van der Waals surface area contributed by atoms with Gasteiger partial charge in [-0.3, -0.25) is 9.20 Å². The van der Waals surface area contributed by atoms with Crippen molar-refractivity contribution in [3.05, 3.63) is 70.6 Å². The van der Waals surface area contributed by atoms with Gasteiger partial charge < -0.3 is 25.4 Å². The predicted molar refractivity (Wildman–Crippen MR) is 144 cm³/mol. The number of amides is 1. The van der Waals surface area contributed by atoms with Crippen LogP contribution in [0.5, 0.6) is 11.5 Å². The smallest absolute Gasteiger partial charge is 0.255 e. The number of benzene rings is 2. The molecule has 10 heteroatoms. The number of primary amides is 1. The number of rotatable bonds is 10. The van der Waals surface area contributed by atoms with Gasteiger partial charge in [-0.1, -0.05) is 29.8 Å². The molecule has 0 atom stereocenters. The van der Waals surface area contributed by atoms with Crippen LogP contribution < -0.4 is 20.5 Å². The molecule has 3 N–H and O–H groups in total. The summed E-state index contributed by atoms with van der Waals surface area (Å²) in [5.41, 5.74) is 9.53. The fraction of sp³-hybridized carbons (Fsp3) is 0.259. The Labute approximate surface area is 219 Å². The lowest BCUT2D eigenvalue weighted by atomic mass is 10.1. The fourth-order valence-corrected chi connectivity index (χ4v) is 4.21. The number of likely N-dealkylation sites (N-methyl/N-ethyl adjacent to an activating group) is 1. The van der Waals surface area contributed by atoms with E-state index in [0.717, 1.165) is 16.8 Å². The van der Waals surface area contributed by atoms with Crippen LogP contribution in [-0.4, -0.2) is 54.0 Å². The zero-order chi connectivity index (χ0) is 26.7. The second-order valence-electron chi connectivity index (χ2n) is 8.96. The zero-order valence-electron chi connectivity index (χ0n) is 21.1. The van der Waals surface area contributed by atoms with Crippen LogP contribution in [0.25, 0.3) is 16.9 Å². The number of ether oxygens (including phenoxy) is 2. The average molecular weight is 526 g/mol. The van der Waals surface area contributed by atoms with E-state index < -0.39 is 11.7 Å². The number of carbonyl (C=O) groups is 1. The second kappa shape index (κ2) is 11.1. The maximum Gasteiger partial charge on any atom is 0.255 e. The molecule has 194 valence electrons. The van der Waals surface area contributed by atoms with Crippen LogP contribution >= 0.6 is 11.6 Å². The van der Waals surface area contributed by atoms with Crippen LogP contribution in [0.1, 0.15) is 11.1 Å². The molecule has 8 nitrogen and oxygen atoms in total. The molecule has 1 amide bonds. The van der Waals surface area contributed by atoms with E-state index in [-0.39, 0.29) is 17.4 Å². The standard InChI is InChI=1S/C27H29ClFN5O3/c1-16-6-5-7-17(2)25(16)32-27-26(31-23-9-8-18(29)14-34(23)27)24-20(28)12-19(36-11-10-33(3)4)13-21(24)37-15-22(30)35/h5-9,12-14,32H,10-11,15H2,1-4H3,(H2,30,35). The van der Waals surface area contributed by atoms with E-state index in [1.54, 1.807) is 22.6 Å². The number of halogens is 2. The van der Waals surface area contributed by atoms with E-state index in [0.29, 0.717) is 41.6 Å². The van der Waals surface area contributed by atoms with Gasteiger partial charge in [0.25, 0.3) is 5.91 Å². The number of pyridine rings is 1. The van der Waals surface area contributed by atoms with E-state index in [1.165, 1.54) is 12.3 Å². The van der Waals surface area contributed by atoms with Gasteiger partial charge in [-0.05, 0) is 57.3 Å². The third-order valence-corrected chi connectivity index (χ3v) is 6.05. The molecule has 0 fully saturated rings. The Hall–Kier alpha value is -3.82. The van der Waals surface area contributed by atoms with Crippen molar-refractivity contribution >= 4 is 34.7 Å². The largest absolute Gasteiger partial charge is 0.492 e. The summed E-state index contributed by atoms with van der Waals surface area (Å²) < 4.78 is 27.6. The van der Waals surface area contributed by atoms with Crippen molar-refractivity contribution < 1.29 is 18.7 Å². The summed E-state index contributed by atoms with van der Waals surface area (Å²) in [7, 11) is 3.88. The molecular formula is C27H29ClFN5O3. The summed E-state index contributed by atoms with van der Waals surface area (Å²) in [6.45, 7) is 4.70. The minimum absolute atomic E-state index is 0.264. The zero-order valence-corrected chi connectivity index (χ0v) is 21.9. The Morgan fingerprint density at radius 1 is 1.16 bits per heavy atom. The molecule has 2 heterocycles. The summed E-state index contributed by atoms with van der Waals surface area (Å²) in [5, 5.41) is 3.72. The number of anilines is 2. The maximum absolute atomic E-state index is 14.3. The number of hydrogen-bond donors (Lipinski definition) is 2. The second-order valence-corrected chi connectivity index (χ2v) is 9.37. The van der Waals surface area contributed by atoms with E-state index in [4.69, 9.17) is 31.8 Å². The molecule has 0 saturated carbocycles. The monoisotopic (exact) mass is 525 g/mol. The molecule has 2 aromatic heterocycles. The molecule has 0 bridgehead atoms. The van der Waals surface area contributed by atoms with Crippen molar-refractivity contribution in [2.45, 2.75) is 13.8 Å². The van der Waals surface area contributed by atoms with Crippen molar-refractivity contribution in [3.63, 3.8) is 0 Å². The van der Waals surface area contributed by atoms with Gasteiger partial charge in [0.2, 0.25) is 0 Å². The van der Waals surface area contributed by atoms with Gasteiger partial charge >= 0.3 is 0 Å². The Morgan fingerprint density at radius 3 is 2.57 bits per heavy atom. The number of nitrogens with zero attached hydrogens (tertiary/aromatic N) is 3. The Balaban J connectivity index is 1.89. The average Bonchev–Trinajstić information content (AvgIpc) is 3.16. The van der Waals surface area contributed by atoms with Gasteiger partial charge in [0.1, 0.15) is 41.1 Å². The molecule has 0 unspecified atom stereocenters. The summed E-state index contributed by atoms with van der Waals surface area (Å²) in [4.78, 5) is 18.3. The molecule has 4 rings (SSSR count). The highest BCUT2D eigenvalue weighted by Gasteiger charge is 2.24. The predicted octanol–water partition coefficient (Wildman–Crippen LogP) is 4.96. The topological polar surface area (TPSA) is 94.1 Å². The fourth-order valence-electron chi connectivity index (χ4n) is 3.92. The Kier molecular flexibility index (Phi) is 7.85. The van der Waals surface area contributed by atoms with Gasteiger partial charge in [0.15, 0.2) is 6.61 Å². The van der Waals surface area contributed by atoms with Crippen molar-refractivity contribution in [2.75, 3.05) is 39.2 Å². The Morgan fingerprint density at radius 2 is 1.89 bits per heavy atom. The summed E-state index contributed by atoms with van der Waals surface area (Å²) in [6.07, 6.45) is 1.35.